The zero-order chi connectivity index (χ0) is 17.3. The summed E-state index contributed by atoms with van der Waals surface area (Å²) in [5, 5.41) is 8.89. The number of amides is 2. The predicted octanol–water partition coefficient (Wildman–Crippen LogP) is 1.20. The molecule has 9 heteroatoms. The second-order valence-corrected chi connectivity index (χ2v) is 5.38. The lowest BCUT2D eigenvalue weighted by Gasteiger charge is -2.04. The fourth-order valence-corrected chi connectivity index (χ4v) is 2.04. The summed E-state index contributed by atoms with van der Waals surface area (Å²) in [4.78, 5) is 29.9. The van der Waals surface area contributed by atoms with Crippen LogP contribution in [0, 0.1) is 0 Å². The Labute approximate surface area is 137 Å². The molecule has 2 N–H and O–H groups in total. The number of hydrogen-bond acceptors (Lipinski definition) is 6. The van der Waals surface area contributed by atoms with Crippen molar-refractivity contribution < 1.29 is 14.0 Å². The molecule has 124 valence electrons. The summed E-state index contributed by atoms with van der Waals surface area (Å²) in [6.07, 6.45) is 3.04. The molecule has 0 saturated heterocycles. The molecule has 0 atom stereocenters. The van der Waals surface area contributed by atoms with Crippen LogP contribution in [-0.4, -0.2) is 40.7 Å². The van der Waals surface area contributed by atoms with E-state index in [-0.39, 0.29) is 0 Å². The predicted molar refractivity (Wildman–Crippen MR) is 88.8 cm³/mol. The number of rotatable bonds is 3. The van der Waals surface area contributed by atoms with Gasteiger partial charge in [0.05, 0.1) is 11.9 Å². The molecule has 0 radical (unpaired) electrons. The lowest BCUT2D eigenvalue weighted by Crippen LogP contribution is -2.28. The quantitative estimate of drug-likeness (QED) is 0.700. The number of hydrogen-bond donors (Lipinski definition) is 2. The molecule has 3 aromatic rings. The van der Waals surface area contributed by atoms with Crippen LogP contribution in [-0.2, 0) is 16.6 Å². The number of benzene rings is 1. The van der Waals surface area contributed by atoms with Gasteiger partial charge in [-0.1, -0.05) is 0 Å². The molecule has 1 aromatic carbocycles. The fraction of sp³-hybridized carbons (Fsp3) is 0.200. The maximum atomic E-state index is 12.0. The van der Waals surface area contributed by atoms with E-state index in [1.165, 1.54) is 10.9 Å². The molecule has 0 aliphatic rings. The average Bonchev–Trinajstić information content (AvgIpc) is 3.12. The van der Waals surface area contributed by atoms with Crippen molar-refractivity contribution in [2.45, 2.75) is 0 Å². The average molecular weight is 328 g/mol. The summed E-state index contributed by atoms with van der Waals surface area (Å²) in [7, 11) is 5.34. The number of aromatic nitrogens is 3. The van der Waals surface area contributed by atoms with E-state index in [0.717, 1.165) is 0 Å². The zero-order valence-electron chi connectivity index (χ0n) is 13.4. The molecule has 0 aliphatic heterocycles. The normalized spacial score (nSPS) is 10.6. The van der Waals surface area contributed by atoms with Crippen LogP contribution < -0.4 is 15.5 Å². The van der Waals surface area contributed by atoms with Gasteiger partial charge in [-0.3, -0.25) is 14.3 Å². The molecular formula is C15H16N6O3. The Bertz CT molecular complexity index is 911. The first-order valence-electron chi connectivity index (χ1n) is 7.11. The second kappa shape index (κ2) is 6.03. The van der Waals surface area contributed by atoms with Crippen molar-refractivity contribution >= 4 is 40.3 Å². The van der Waals surface area contributed by atoms with E-state index in [1.54, 1.807) is 36.3 Å². The molecule has 24 heavy (non-hydrogen) atoms. The van der Waals surface area contributed by atoms with E-state index in [0.29, 0.717) is 28.5 Å². The number of fused-ring (bicyclic) bond motifs is 1. The first-order valence-corrected chi connectivity index (χ1v) is 7.11. The van der Waals surface area contributed by atoms with E-state index >= 15 is 0 Å². The largest absolute Gasteiger partial charge is 0.423 e. The minimum Gasteiger partial charge on any atom is -0.423 e. The number of nitrogens with zero attached hydrogens (tertiary/aromatic N) is 4. The van der Waals surface area contributed by atoms with Crippen molar-refractivity contribution in [3.63, 3.8) is 0 Å². The Balaban J connectivity index is 1.71. The van der Waals surface area contributed by atoms with Crippen molar-refractivity contribution in [3.05, 3.63) is 30.6 Å². The number of nitrogens with one attached hydrogen (secondary N) is 2. The smallest absolute Gasteiger partial charge is 0.314 e. The van der Waals surface area contributed by atoms with Crippen LogP contribution in [0.4, 0.5) is 17.4 Å². The molecule has 2 amide bonds. The van der Waals surface area contributed by atoms with E-state index < -0.39 is 11.8 Å². The summed E-state index contributed by atoms with van der Waals surface area (Å²) in [5.74, 6) is -1.57. The van der Waals surface area contributed by atoms with Gasteiger partial charge < -0.3 is 20.0 Å². The van der Waals surface area contributed by atoms with E-state index in [9.17, 15) is 9.59 Å². The molecule has 0 fully saturated rings. The Kier molecular flexibility index (Phi) is 3.90. The van der Waals surface area contributed by atoms with Gasteiger partial charge in [0.2, 0.25) is 0 Å². The molecule has 0 spiro atoms. The number of aryl methyl sites for hydroxylation is 1. The summed E-state index contributed by atoms with van der Waals surface area (Å²) >= 11 is 0. The van der Waals surface area contributed by atoms with Crippen LogP contribution in [0.3, 0.4) is 0 Å². The summed E-state index contributed by atoms with van der Waals surface area (Å²) < 4.78 is 7.08. The zero-order valence-corrected chi connectivity index (χ0v) is 13.4. The molecule has 2 heterocycles. The fourth-order valence-electron chi connectivity index (χ4n) is 2.04. The van der Waals surface area contributed by atoms with Crippen LogP contribution in [0.5, 0.6) is 0 Å². The molecule has 0 unspecified atom stereocenters. The van der Waals surface area contributed by atoms with Crippen molar-refractivity contribution in [2.75, 3.05) is 29.6 Å². The van der Waals surface area contributed by atoms with Gasteiger partial charge in [-0.05, 0) is 12.1 Å². The van der Waals surface area contributed by atoms with Gasteiger partial charge >= 0.3 is 11.8 Å². The Hall–Kier alpha value is -3.36. The van der Waals surface area contributed by atoms with Gasteiger partial charge in [-0.25, -0.2) is 0 Å². The number of carbonyl (C=O) groups excluding carboxylic acids is 2. The highest BCUT2D eigenvalue weighted by atomic mass is 16.4. The van der Waals surface area contributed by atoms with Gasteiger partial charge in [-0.15, -0.1) is 0 Å². The Morgan fingerprint density at radius 1 is 1.17 bits per heavy atom. The molecule has 9 nitrogen and oxygen atoms in total. The molecule has 3 rings (SSSR count). The minimum absolute atomic E-state index is 0.440. The van der Waals surface area contributed by atoms with Gasteiger partial charge in [0.1, 0.15) is 5.52 Å². The molecule has 2 aromatic heterocycles. The number of anilines is 3. The molecular weight excluding hydrogens is 312 g/mol. The van der Waals surface area contributed by atoms with Crippen LogP contribution in [0.1, 0.15) is 0 Å². The molecule has 0 bridgehead atoms. The van der Waals surface area contributed by atoms with Crippen LogP contribution in [0.25, 0.3) is 11.1 Å². The van der Waals surface area contributed by atoms with E-state index in [1.807, 2.05) is 14.1 Å². The van der Waals surface area contributed by atoms with Gasteiger partial charge in [0.25, 0.3) is 6.01 Å². The monoisotopic (exact) mass is 328 g/mol. The Morgan fingerprint density at radius 3 is 2.50 bits per heavy atom. The van der Waals surface area contributed by atoms with Crippen molar-refractivity contribution in [1.29, 1.82) is 0 Å². The van der Waals surface area contributed by atoms with Crippen molar-refractivity contribution in [2.24, 2.45) is 7.05 Å². The Morgan fingerprint density at radius 2 is 1.88 bits per heavy atom. The van der Waals surface area contributed by atoms with E-state index in [4.69, 9.17) is 4.42 Å². The maximum Gasteiger partial charge on any atom is 0.314 e. The lowest BCUT2D eigenvalue weighted by atomic mass is 10.3. The van der Waals surface area contributed by atoms with Crippen LogP contribution >= 0.6 is 0 Å². The topological polar surface area (TPSA) is 105 Å². The van der Waals surface area contributed by atoms with Crippen molar-refractivity contribution in [3.8, 4) is 0 Å². The summed E-state index contributed by atoms with van der Waals surface area (Å²) in [6, 6.07) is 5.44. The maximum absolute atomic E-state index is 12.0. The van der Waals surface area contributed by atoms with Crippen LogP contribution in [0.2, 0.25) is 0 Å². The van der Waals surface area contributed by atoms with Gasteiger partial charge in [0.15, 0.2) is 5.58 Å². The third-order valence-electron chi connectivity index (χ3n) is 3.19. The SMILES string of the molecule is CN(C)c1nc2ccc(NC(=O)C(=O)Nc3cnn(C)c3)cc2o1. The molecule has 0 saturated carbocycles. The summed E-state index contributed by atoms with van der Waals surface area (Å²) in [5.41, 5.74) is 2.06. The minimum atomic E-state index is -0.787. The first-order chi connectivity index (χ1) is 11.4. The third kappa shape index (κ3) is 3.19. The highest BCUT2D eigenvalue weighted by Crippen LogP contribution is 2.23. The first kappa shape index (κ1) is 15.5. The molecule has 0 aliphatic carbocycles. The standard InChI is InChI=1S/C15H16N6O3/c1-20(2)15-19-11-5-4-9(6-12(11)24-15)17-13(22)14(23)18-10-7-16-21(3)8-10/h4-8H,1-3H3,(H,17,22)(H,18,23). The van der Waals surface area contributed by atoms with Crippen molar-refractivity contribution in [1.82, 2.24) is 14.8 Å². The third-order valence-corrected chi connectivity index (χ3v) is 3.19. The highest BCUT2D eigenvalue weighted by molar-refractivity contribution is 6.43. The lowest BCUT2D eigenvalue weighted by molar-refractivity contribution is -0.132. The number of carbonyl (C=O) groups is 2. The van der Waals surface area contributed by atoms with Gasteiger partial charge in [0, 0.05) is 39.1 Å². The van der Waals surface area contributed by atoms with E-state index in [2.05, 4.69) is 20.7 Å². The van der Waals surface area contributed by atoms with Gasteiger partial charge in [-0.2, -0.15) is 10.1 Å². The second-order valence-electron chi connectivity index (χ2n) is 5.38. The van der Waals surface area contributed by atoms with Crippen LogP contribution in [0.15, 0.2) is 35.0 Å². The number of oxazole rings is 1. The summed E-state index contributed by atoms with van der Waals surface area (Å²) in [6.45, 7) is 0. The highest BCUT2D eigenvalue weighted by Gasteiger charge is 2.16.